The highest BCUT2D eigenvalue weighted by Gasteiger charge is 2.40. The van der Waals surface area contributed by atoms with E-state index >= 15 is 0 Å². The minimum atomic E-state index is -4.57. The van der Waals surface area contributed by atoms with E-state index in [-0.39, 0.29) is 52.1 Å². The monoisotopic (exact) mass is 654 g/mol. The summed E-state index contributed by atoms with van der Waals surface area (Å²) in [5.74, 6) is -2.34. The topological polar surface area (TPSA) is 151 Å². The van der Waals surface area contributed by atoms with E-state index in [1.807, 2.05) is 11.9 Å². The minimum Gasteiger partial charge on any atom is -0.481 e. The Kier molecular flexibility index (Phi) is 8.68. The van der Waals surface area contributed by atoms with Crippen LogP contribution in [-0.4, -0.2) is 73.8 Å². The number of anilines is 2. The van der Waals surface area contributed by atoms with E-state index in [1.54, 1.807) is 20.1 Å². The first-order chi connectivity index (χ1) is 22.4. The molecule has 2 aliphatic rings. The van der Waals surface area contributed by atoms with Crippen molar-refractivity contribution in [1.29, 1.82) is 0 Å². The summed E-state index contributed by atoms with van der Waals surface area (Å²) in [4.78, 5) is 46.9. The number of pyridine rings is 2. The van der Waals surface area contributed by atoms with Gasteiger partial charge in [-0.2, -0.15) is 18.2 Å². The Morgan fingerprint density at radius 1 is 1.21 bits per heavy atom. The van der Waals surface area contributed by atoms with Gasteiger partial charge in [-0.05, 0) is 37.8 Å². The van der Waals surface area contributed by atoms with Crippen LogP contribution in [0, 0.1) is 11.3 Å². The number of H-pyrrole nitrogens is 1. The number of ether oxygens (including phenoxy) is 1. The van der Waals surface area contributed by atoms with Crippen LogP contribution in [0.25, 0.3) is 22.4 Å². The van der Waals surface area contributed by atoms with Gasteiger partial charge in [-0.15, -0.1) is 0 Å². The van der Waals surface area contributed by atoms with Crippen LogP contribution in [0.15, 0.2) is 30.9 Å². The molecule has 1 amide bonds. The van der Waals surface area contributed by atoms with Crippen molar-refractivity contribution < 1.29 is 32.6 Å². The van der Waals surface area contributed by atoms with E-state index < -0.39 is 29.5 Å². The van der Waals surface area contributed by atoms with Crippen molar-refractivity contribution in [3.8, 4) is 11.3 Å². The number of hydrogen-bond donors (Lipinski definition) is 3. The number of halogens is 3. The van der Waals surface area contributed by atoms with Crippen molar-refractivity contribution in [3.05, 3.63) is 47.8 Å². The van der Waals surface area contributed by atoms with E-state index in [0.717, 1.165) is 31.7 Å². The first-order valence-electron chi connectivity index (χ1n) is 15.6. The van der Waals surface area contributed by atoms with E-state index in [1.165, 1.54) is 23.3 Å². The standard InChI is InChI=1S/C32H37F3N8O4/c1-18(29(45)46)13-43-14-23(37-17-43)28(44)41-30-39-26-24(42(2)15-31(16-47-3)8-4-5-9-31)11-22(38-27(26)40-30)20-10-21(32(33,34)35)25(36-12-20)19-6-7-19/h10-12,14,17-19H,4-9,13,15-16H2,1-3H3,(H,45,46)(H2,38,39,40,41,44)/t18-/m1/s1. The zero-order valence-corrected chi connectivity index (χ0v) is 26.4. The number of nitrogens with zero attached hydrogens (tertiary/aromatic N) is 6. The number of amides is 1. The van der Waals surface area contributed by atoms with Gasteiger partial charge >= 0.3 is 12.1 Å². The molecule has 2 aliphatic carbocycles. The van der Waals surface area contributed by atoms with Crippen molar-refractivity contribution in [2.75, 3.05) is 37.5 Å². The van der Waals surface area contributed by atoms with Crippen molar-refractivity contribution in [1.82, 2.24) is 29.5 Å². The number of fused-ring (bicyclic) bond motifs is 1. The Morgan fingerprint density at radius 2 is 1.96 bits per heavy atom. The summed E-state index contributed by atoms with van der Waals surface area (Å²) in [6.45, 7) is 2.89. The fourth-order valence-corrected chi connectivity index (χ4v) is 6.51. The summed E-state index contributed by atoms with van der Waals surface area (Å²) in [5.41, 5.74) is 1.08. The lowest BCUT2D eigenvalue weighted by molar-refractivity contribution is -0.141. The van der Waals surface area contributed by atoms with Crippen LogP contribution in [0.5, 0.6) is 0 Å². The van der Waals surface area contributed by atoms with Crippen LogP contribution >= 0.6 is 0 Å². The number of hydrogen-bond acceptors (Lipinski definition) is 8. The molecular formula is C32H37F3N8O4. The molecule has 1 atom stereocenters. The van der Waals surface area contributed by atoms with Gasteiger partial charge in [-0.3, -0.25) is 19.9 Å². The summed E-state index contributed by atoms with van der Waals surface area (Å²) in [7, 11) is 3.59. The predicted molar refractivity (Wildman–Crippen MR) is 167 cm³/mol. The number of aromatic nitrogens is 6. The number of nitrogens with one attached hydrogen (secondary N) is 2. The number of carboxylic acids is 1. The highest BCUT2D eigenvalue weighted by atomic mass is 19.4. The van der Waals surface area contributed by atoms with Crippen molar-refractivity contribution in [3.63, 3.8) is 0 Å². The molecule has 0 aliphatic heterocycles. The Labute approximate surface area is 268 Å². The summed E-state index contributed by atoms with van der Waals surface area (Å²) >= 11 is 0. The third-order valence-electron chi connectivity index (χ3n) is 9.03. The molecule has 4 heterocycles. The molecule has 0 spiro atoms. The Hall–Kier alpha value is -4.53. The lowest BCUT2D eigenvalue weighted by Crippen LogP contribution is -2.37. The van der Waals surface area contributed by atoms with E-state index in [2.05, 4.69) is 30.2 Å². The third kappa shape index (κ3) is 6.94. The van der Waals surface area contributed by atoms with Crippen LogP contribution in [0.1, 0.15) is 73.1 Å². The van der Waals surface area contributed by atoms with Crippen molar-refractivity contribution in [2.45, 2.75) is 64.1 Å². The van der Waals surface area contributed by atoms with Gasteiger partial charge < -0.3 is 24.3 Å². The number of methoxy groups -OCH3 is 1. The smallest absolute Gasteiger partial charge is 0.418 e. The first kappa shape index (κ1) is 32.4. The average molecular weight is 655 g/mol. The molecule has 0 bridgehead atoms. The minimum absolute atomic E-state index is 0.0540. The molecule has 250 valence electrons. The van der Waals surface area contributed by atoms with Crippen LogP contribution < -0.4 is 10.2 Å². The van der Waals surface area contributed by atoms with Gasteiger partial charge in [-0.25, -0.2) is 9.97 Å². The molecule has 0 unspecified atom stereocenters. The Morgan fingerprint density at radius 3 is 2.62 bits per heavy atom. The number of alkyl halides is 3. The molecule has 15 heteroatoms. The van der Waals surface area contributed by atoms with Crippen molar-refractivity contribution >= 4 is 34.7 Å². The lowest BCUT2D eigenvalue weighted by atomic mass is 9.86. The molecule has 3 N–H and O–H groups in total. The van der Waals surface area contributed by atoms with Crippen LogP contribution in [0.4, 0.5) is 24.8 Å². The second-order valence-corrected chi connectivity index (χ2v) is 12.9. The molecule has 0 saturated heterocycles. The van der Waals surface area contributed by atoms with Gasteiger partial charge in [-0.1, -0.05) is 19.8 Å². The molecule has 2 saturated carbocycles. The number of carbonyl (C=O) groups is 2. The first-order valence-corrected chi connectivity index (χ1v) is 15.6. The predicted octanol–water partition coefficient (Wildman–Crippen LogP) is 5.73. The summed E-state index contributed by atoms with van der Waals surface area (Å²) in [6, 6.07) is 2.83. The van der Waals surface area contributed by atoms with Gasteiger partial charge in [0.05, 0.1) is 41.5 Å². The second-order valence-electron chi connectivity index (χ2n) is 12.9. The van der Waals surface area contributed by atoms with Gasteiger partial charge in [0, 0.05) is 56.5 Å². The fourth-order valence-electron chi connectivity index (χ4n) is 6.51. The summed E-state index contributed by atoms with van der Waals surface area (Å²) < 4.78 is 49.5. The van der Waals surface area contributed by atoms with Crippen LogP contribution in [0.2, 0.25) is 0 Å². The molecular weight excluding hydrogens is 617 g/mol. The normalized spacial score (nSPS) is 16.8. The van der Waals surface area contributed by atoms with Crippen molar-refractivity contribution in [2.24, 2.45) is 11.3 Å². The zero-order valence-electron chi connectivity index (χ0n) is 26.4. The number of imidazole rings is 2. The highest BCUT2D eigenvalue weighted by molar-refractivity contribution is 6.03. The molecule has 4 aromatic heterocycles. The number of aliphatic carboxylic acids is 1. The molecule has 47 heavy (non-hydrogen) atoms. The molecule has 6 rings (SSSR count). The summed E-state index contributed by atoms with van der Waals surface area (Å²) in [5, 5.41) is 11.9. The van der Waals surface area contributed by atoms with Gasteiger partial charge in [0.25, 0.3) is 5.91 Å². The third-order valence-corrected chi connectivity index (χ3v) is 9.03. The quantitative estimate of drug-likeness (QED) is 0.174. The molecule has 2 fully saturated rings. The maximum atomic E-state index is 14.1. The van der Waals surface area contributed by atoms with E-state index in [0.29, 0.717) is 37.2 Å². The Balaban J connectivity index is 1.36. The van der Waals surface area contributed by atoms with Gasteiger partial charge in [0.1, 0.15) is 11.2 Å². The molecule has 0 radical (unpaired) electrons. The fraction of sp³-hybridized carbons (Fsp3) is 0.500. The maximum Gasteiger partial charge on any atom is 0.418 e. The van der Waals surface area contributed by atoms with E-state index in [4.69, 9.17) is 4.74 Å². The van der Waals surface area contributed by atoms with Gasteiger partial charge in [0.2, 0.25) is 5.95 Å². The largest absolute Gasteiger partial charge is 0.481 e. The summed E-state index contributed by atoms with van der Waals surface area (Å²) in [6.07, 6.45) is 5.18. The maximum absolute atomic E-state index is 14.1. The zero-order chi connectivity index (χ0) is 33.5. The van der Waals surface area contributed by atoms with Crippen LogP contribution in [-0.2, 0) is 22.3 Å². The second kappa shape index (κ2) is 12.6. The number of rotatable bonds is 12. The van der Waals surface area contributed by atoms with E-state index in [9.17, 15) is 27.9 Å². The molecule has 4 aromatic rings. The highest BCUT2D eigenvalue weighted by Crippen LogP contribution is 2.46. The Bertz CT molecular complexity index is 1790. The van der Waals surface area contributed by atoms with Crippen LogP contribution in [0.3, 0.4) is 0 Å². The number of carbonyl (C=O) groups excluding carboxylic acids is 1. The average Bonchev–Trinajstić information content (AvgIpc) is 3.37. The number of aromatic amines is 1. The van der Waals surface area contributed by atoms with Gasteiger partial charge in [0.15, 0.2) is 5.65 Å². The molecule has 12 nitrogen and oxygen atoms in total. The molecule has 0 aromatic carbocycles. The number of carboxylic acid groups (broad SMARTS) is 1. The SMILES string of the molecule is COCC1(CN(C)c2cc(-c3cnc(C4CC4)c(C(F)(F)F)c3)nc3nc(NC(=O)c4cn(C[C@@H](C)C(=O)O)cn4)[nH]c23)CCCC1. The lowest BCUT2D eigenvalue weighted by Gasteiger charge is -2.34.